The number of rotatable bonds is 7. The second kappa shape index (κ2) is 9.17. The number of nitrogens with zero attached hydrogens (tertiary/aromatic N) is 4. The summed E-state index contributed by atoms with van der Waals surface area (Å²) < 4.78 is 12.1. The molecule has 0 spiro atoms. The van der Waals surface area contributed by atoms with Crippen LogP contribution in [-0.4, -0.2) is 32.3 Å². The van der Waals surface area contributed by atoms with Crippen molar-refractivity contribution in [3.05, 3.63) is 94.2 Å². The van der Waals surface area contributed by atoms with E-state index in [0.29, 0.717) is 17.1 Å². The van der Waals surface area contributed by atoms with Crippen LogP contribution in [0.2, 0.25) is 0 Å². The SMILES string of the molecule is Cc1nc2ccccc2nc1COC(=O)c1ccc(=O)n(CCOc2ccccc2)n1. The van der Waals surface area contributed by atoms with E-state index in [2.05, 4.69) is 15.1 Å². The lowest BCUT2D eigenvalue weighted by molar-refractivity contribution is 0.0456. The predicted molar refractivity (Wildman–Crippen MR) is 114 cm³/mol. The Morgan fingerprint density at radius 1 is 0.935 bits per heavy atom. The number of benzene rings is 2. The fraction of sp³-hybridized carbons (Fsp3) is 0.174. The van der Waals surface area contributed by atoms with Crippen molar-refractivity contribution in [2.75, 3.05) is 6.61 Å². The van der Waals surface area contributed by atoms with E-state index >= 15 is 0 Å². The van der Waals surface area contributed by atoms with Crippen molar-refractivity contribution in [2.24, 2.45) is 0 Å². The highest BCUT2D eigenvalue weighted by atomic mass is 16.5. The molecule has 31 heavy (non-hydrogen) atoms. The summed E-state index contributed by atoms with van der Waals surface area (Å²) in [6.45, 7) is 2.21. The molecule has 2 aromatic heterocycles. The maximum atomic E-state index is 12.5. The summed E-state index contributed by atoms with van der Waals surface area (Å²) in [4.78, 5) is 33.5. The molecule has 0 fully saturated rings. The third kappa shape index (κ3) is 4.92. The first-order chi connectivity index (χ1) is 15.1. The molecule has 0 bridgehead atoms. The Labute approximate surface area is 178 Å². The molecule has 0 aliphatic carbocycles. The van der Waals surface area contributed by atoms with Crippen molar-refractivity contribution >= 4 is 17.0 Å². The van der Waals surface area contributed by atoms with E-state index in [1.165, 1.54) is 16.8 Å². The van der Waals surface area contributed by atoms with Gasteiger partial charge < -0.3 is 9.47 Å². The Morgan fingerprint density at radius 3 is 2.42 bits per heavy atom. The van der Waals surface area contributed by atoms with Gasteiger partial charge in [0.1, 0.15) is 19.0 Å². The van der Waals surface area contributed by atoms with Crippen molar-refractivity contribution in [1.82, 2.24) is 19.7 Å². The number of ether oxygens (including phenoxy) is 2. The molecule has 0 radical (unpaired) electrons. The molecule has 156 valence electrons. The second-order valence-corrected chi connectivity index (χ2v) is 6.76. The van der Waals surface area contributed by atoms with Crippen LogP contribution in [0.3, 0.4) is 0 Å². The number of hydrogen-bond acceptors (Lipinski definition) is 7. The minimum absolute atomic E-state index is 0.0331. The first kappa shape index (κ1) is 20.2. The largest absolute Gasteiger partial charge is 0.492 e. The third-order valence-electron chi connectivity index (χ3n) is 4.57. The van der Waals surface area contributed by atoms with Crippen LogP contribution in [0.4, 0.5) is 0 Å². The van der Waals surface area contributed by atoms with E-state index in [-0.39, 0.29) is 31.0 Å². The second-order valence-electron chi connectivity index (χ2n) is 6.76. The van der Waals surface area contributed by atoms with E-state index in [4.69, 9.17) is 9.47 Å². The number of carbonyl (C=O) groups excluding carboxylic acids is 1. The standard InChI is InChI=1S/C23H20N4O4/c1-16-21(25-19-10-6-5-9-18(19)24-16)15-31-23(29)20-11-12-22(28)27(26-20)13-14-30-17-7-3-2-4-8-17/h2-12H,13-15H2,1H3. The maximum absolute atomic E-state index is 12.5. The Hall–Kier alpha value is -4.07. The molecule has 0 aliphatic rings. The van der Waals surface area contributed by atoms with Crippen LogP contribution in [-0.2, 0) is 17.9 Å². The summed E-state index contributed by atoms with van der Waals surface area (Å²) in [5.41, 5.74) is 2.46. The fourth-order valence-electron chi connectivity index (χ4n) is 2.95. The number of aromatic nitrogens is 4. The van der Waals surface area contributed by atoms with Crippen LogP contribution in [0.5, 0.6) is 5.75 Å². The molecule has 0 saturated heterocycles. The summed E-state index contributed by atoms with van der Waals surface area (Å²) >= 11 is 0. The van der Waals surface area contributed by atoms with Crippen LogP contribution in [0.1, 0.15) is 21.9 Å². The van der Waals surface area contributed by atoms with Gasteiger partial charge in [-0.3, -0.25) is 4.79 Å². The smallest absolute Gasteiger partial charge is 0.359 e. The topological polar surface area (TPSA) is 96.2 Å². The summed E-state index contributed by atoms with van der Waals surface area (Å²) in [7, 11) is 0. The van der Waals surface area contributed by atoms with Gasteiger partial charge in [0.15, 0.2) is 5.69 Å². The molecule has 0 unspecified atom stereocenters. The average molecular weight is 416 g/mol. The first-order valence-electron chi connectivity index (χ1n) is 9.75. The van der Waals surface area contributed by atoms with Gasteiger partial charge in [0.05, 0.1) is 29.0 Å². The number of esters is 1. The molecular formula is C23H20N4O4. The Kier molecular flexibility index (Phi) is 5.98. The molecule has 4 aromatic rings. The zero-order valence-corrected chi connectivity index (χ0v) is 16.9. The van der Waals surface area contributed by atoms with Gasteiger partial charge in [-0.15, -0.1) is 0 Å². The highest BCUT2D eigenvalue weighted by Gasteiger charge is 2.14. The third-order valence-corrected chi connectivity index (χ3v) is 4.57. The molecule has 0 saturated carbocycles. The number of para-hydroxylation sites is 3. The van der Waals surface area contributed by atoms with E-state index in [0.717, 1.165) is 11.0 Å². The summed E-state index contributed by atoms with van der Waals surface area (Å²) in [6, 6.07) is 19.4. The Bertz CT molecular complexity index is 1270. The zero-order chi connectivity index (χ0) is 21.6. The minimum Gasteiger partial charge on any atom is -0.492 e. The minimum atomic E-state index is -0.646. The van der Waals surface area contributed by atoms with E-state index in [9.17, 15) is 9.59 Å². The molecule has 8 nitrogen and oxygen atoms in total. The number of aryl methyl sites for hydroxylation is 1. The van der Waals surface area contributed by atoms with Crippen molar-refractivity contribution in [3.63, 3.8) is 0 Å². The Morgan fingerprint density at radius 2 is 1.65 bits per heavy atom. The summed E-state index contributed by atoms with van der Waals surface area (Å²) in [5.74, 6) is 0.0464. The quantitative estimate of drug-likeness (QED) is 0.427. The molecule has 8 heteroatoms. The fourth-order valence-corrected chi connectivity index (χ4v) is 2.95. The van der Waals surface area contributed by atoms with Crippen molar-refractivity contribution < 1.29 is 14.3 Å². The summed E-state index contributed by atoms with van der Waals surface area (Å²) in [6.07, 6.45) is 0. The van der Waals surface area contributed by atoms with Crippen LogP contribution in [0, 0.1) is 6.92 Å². The lowest BCUT2D eigenvalue weighted by Gasteiger charge is -2.10. The van der Waals surface area contributed by atoms with Gasteiger partial charge in [-0.2, -0.15) is 5.10 Å². The van der Waals surface area contributed by atoms with Crippen molar-refractivity contribution in [1.29, 1.82) is 0 Å². The number of carbonyl (C=O) groups is 1. The van der Waals surface area contributed by atoms with Crippen molar-refractivity contribution in [2.45, 2.75) is 20.1 Å². The Balaban J connectivity index is 1.41. The van der Waals surface area contributed by atoms with E-state index in [1.807, 2.05) is 61.5 Å². The highest BCUT2D eigenvalue weighted by Crippen LogP contribution is 2.13. The van der Waals surface area contributed by atoms with Crippen molar-refractivity contribution in [3.8, 4) is 5.75 Å². The summed E-state index contributed by atoms with van der Waals surface area (Å²) in [5, 5.41) is 4.10. The van der Waals surface area contributed by atoms with Gasteiger partial charge >= 0.3 is 5.97 Å². The average Bonchev–Trinajstić information content (AvgIpc) is 2.79. The van der Waals surface area contributed by atoms with Crippen LogP contribution >= 0.6 is 0 Å². The van der Waals surface area contributed by atoms with E-state index in [1.54, 1.807) is 0 Å². The predicted octanol–water partition coefficient (Wildman–Crippen LogP) is 2.93. The van der Waals surface area contributed by atoms with E-state index < -0.39 is 5.97 Å². The van der Waals surface area contributed by atoms with Gasteiger partial charge in [0.25, 0.3) is 5.56 Å². The van der Waals surface area contributed by atoms with Gasteiger partial charge in [-0.25, -0.2) is 19.4 Å². The van der Waals surface area contributed by atoms with Gasteiger partial charge in [0.2, 0.25) is 0 Å². The monoisotopic (exact) mass is 416 g/mol. The lowest BCUT2D eigenvalue weighted by atomic mass is 10.2. The molecule has 0 amide bonds. The van der Waals surface area contributed by atoms with Crippen LogP contribution < -0.4 is 10.3 Å². The highest BCUT2D eigenvalue weighted by molar-refractivity contribution is 5.86. The normalized spacial score (nSPS) is 10.7. The molecular weight excluding hydrogens is 396 g/mol. The first-order valence-corrected chi connectivity index (χ1v) is 9.75. The van der Waals surface area contributed by atoms with Gasteiger partial charge in [0, 0.05) is 6.07 Å². The van der Waals surface area contributed by atoms with Crippen LogP contribution in [0.15, 0.2) is 71.5 Å². The lowest BCUT2D eigenvalue weighted by Crippen LogP contribution is -2.27. The number of hydrogen-bond donors (Lipinski definition) is 0. The van der Waals surface area contributed by atoms with Crippen LogP contribution in [0.25, 0.3) is 11.0 Å². The molecule has 2 aromatic carbocycles. The molecule has 4 rings (SSSR count). The number of fused-ring (bicyclic) bond motifs is 1. The maximum Gasteiger partial charge on any atom is 0.359 e. The molecule has 0 aliphatic heterocycles. The zero-order valence-electron chi connectivity index (χ0n) is 16.9. The molecule has 2 heterocycles. The van der Waals surface area contributed by atoms with Gasteiger partial charge in [-0.05, 0) is 37.3 Å². The molecule has 0 atom stereocenters. The molecule has 0 N–H and O–H groups in total. The van der Waals surface area contributed by atoms with Gasteiger partial charge in [-0.1, -0.05) is 30.3 Å².